The van der Waals surface area contributed by atoms with Crippen molar-refractivity contribution in [1.82, 2.24) is 29.9 Å². The number of carbonyl (C=O) groups is 1. The second-order valence-corrected chi connectivity index (χ2v) is 8.32. The fraction of sp³-hybridized carbons (Fsp3) is 0.227. The Morgan fingerprint density at radius 1 is 0.968 bits per heavy atom. The maximum absolute atomic E-state index is 12.9. The lowest BCUT2D eigenvalue weighted by Gasteiger charge is -2.35. The summed E-state index contributed by atoms with van der Waals surface area (Å²) < 4.78 is 2.54. The summed E-state index contributed by atoms with van der Waals surface area (Å²) in [6, 6.07) is 15.6. The van der Waals surface area contributed by atoms with E-state index < -0.39 is 0 Å². The molecule has 0 radical (unpaired) electrons. The lowest BCUT2D eigenvalue weighted by molar-refractivity contribution is 0.0745. The number of aromatic nitrogens is 5. The third-order valence-electron chi connectivity index (χ3n) is 5.47. The molecular formula is C22H20BrN7O. The van der Waals surface area contributed by atoms with Crippen LogP contribution in [0.15, 0.2) is 59.3 Å². The predicted octanol–water partition coefficient (Wildman–Crippen LogP) is 3.24. The summed E-state index contributed by atoms with van der Waals surface area (Å²) >= 11 is 3.47. The van der Waals surface area contributed by atoms with Gasteiger partial charge in [-0.3, -0.25) is 4.79 Å². The Bertz CT molecular complexity index is 1250. The molecule has 9 heteroatoms. The number of halogens is 1. The maximum Gasteiger partial charge on any atom is 0.255 e. The first-order chi connectivity index (χ1) is 15.1. The van der Waals surface area contributed by atoms with Gasteiger partial charge in [0.15, 0.2) is 17.0 Å². The van der Waals surface area contributed by atoms with Gasteiger partial charge in [-0.05, 0) is 47.1 Å². The first kappa shape index (κ1) is 19.6. The van der Waals surface area contributed by atoms with Gasteiger partial charge in [-0.1, -0.05) is 35.0 Å². The molecule has 0 saturated carbocycles. The molecule has 1 fully saturated rings. The van der Waals surface area contributed by atoms with Gasteiger partial charge in [-0.15, -0.1) is 5.10 Å². The first-order valence-electron chi connectivity index (χ1n) is 10.0. The predicted molar refractivity (Wildman–Crippen MR) is 121 cm³/mol. The summed E-state index contributed by atoms with van der Waals surface area (Å²) in [7, 11) is 0. The Balaban J connectivity index is 1.37. The smallest absolute Gasteiger partial charge is 0.255 e. The fourth-order valence-electron chi connectivity index (χ4n) is 3.75. The highest BCUT2D eigenvalue weighted by atomic mass is 79.9. The zero-order valence-corrected chi connectivity index (χ0v) is 18.5. The van der Waals surface area contributed by atoms with Gasteiger partial charge in [0.1, 0.15) is 6.33 Å². The molecule has 0 aliphatic carbocycles. The van der Waals surface area contributed by atoms with Crippen LogP contribution in [0.4, 0.5) is 5.82 Å². The van der Waals surface area contributed by atoms with Gasteiger partial charge in [0, 0.05) is 30.7 Å². The van der Waals surface area contributed by atoms with Crippen LogP contribution in [0.25, 0.3) is 16.9 Å². The van der Waals surface area contributed by atoms with Crippen molar-refractivity contribution in [1.29, 1.82) is 0 Å². The van der Waals surface area contributed by atoms with Gasteiger partial charge in [-0.25, -0.2) is 9.97 Å². The molecule has 1 aliphatic rings. The minimum absolute atomic E-state index is 0.0327. The van der Waals surface area contributed by atoms with E-state index in [0.29, 0.717) is 42.9 Å². The number of carbonyl (C=O) groups excluding carboxylic acids is 1. The van der Waals surface area contributed by atoms with Crippen LogP contribution in [0.5, 0.6) is 0 Å². The molecule has 0 spiro atoms. The summed E-state index contributed by atoms with van der Waals surface area (Å²) in [5, 5.41) is 8.68. The Hall–Kier alpha value is -3.33. The molecule has 2 aromatic carbocycles. The van der Waals surface area contributed by atoms with Crippen molar-refractivity contribution in [2.45, 2.75) is 6.92 Å². The van der Waals surface area contributed by atoms with Gasteiger partial charge in [-0.2, -0.15) is 4.68 Å². The van der Waals surface area contributed by atoms with Crippen molar-refractivity contribution >= 4 is 38.8 Å². The molecule has 3 heterocycles. The highest BCUT2D eigenvalue weighted by Crippen LogP contribution is 2.25. The van der Waals surface area contributed by atoms with Crippen molar-refractivity contribution < 1.29 is 4.79 Å². The number of hydrogen-bond acceptors (Lipinski definition) is 6. The van der Waals surface area contributed by atoms with Crippen molar-refractivity contribution in [3.05, 3.63) is 70.5 Å². The average Bonchev–Trinajstić information content (AvgIpc) is 3.24. The summed E-state index contributed by atoms with van der Waals surface area (Å²) in [6.45, 7) is 4.60. The maximum atomic E-state index is 12.9. The summed E-state index contributed by atoms with van der Waals surface area (Å²) in [5.74, 6) is 0.779. The normalized spacial score (nSPS) is 14.3. The molecule has 156 valence electrons. The lowest BCUT2D eigenvalue weighted by atomic mass is 10.2. The zero-order valence-electron chi connectivity index (χ0n) is 16.9. The van der Waals surface area contributed by atoms with Crippen molar-refractivity contribution in [3.63, 3.8) is 0 Å². The van der Waals surface area contributed by atoms with Crippen molar-refractivity contribution in [2.24, 2.45) is 0 Å². The van der Waals surface area contributed by atoms with Gasteiger partial charge in [0.2, 0.25) is 0 Å². The molecule has 0 bridgehead atoms. The van der Waals surface area contributed by atoms with E-state index in [4.69, 9.17) is 0 Å². The number of benzene rings is 2. The molecule has 31 heavy (non-hydrogen) atoms. The van der Waals surface area contributed by atoms with E-state index >= 15 is 0 Å². The van der Waals surface area contributed by atoms with Crippen LogP contribution < -0.4 is 4.90 Å². The standard InChI is InChI=1S/C22H20BrN7O/c1-15-6-8-16(9-7-15)30-21-19(26-27-30)20(24-14-25-21)28-10-12-29(13-11-28)22(31)17-4-2-3-5-18(17)23/h2-9,14H,10-13H2,1H3. The number of hydrogen-bond donors (Lipinski definition) is 0. The molecule has 5 rings (SSSR count). The second kappa shape index (κ2) is 8.07. The minimum Gasteiger partial charge on any atom is -0.351 e. The number of amides is 1. The molecular weight excluding hydrogens is 458 g/mol. The van der Waals surface area contributed by atoms with E-state index in [0.717, 1.165) is 16.0 Å². The van der Waals surface area contributed by atoms with E-state index in [1.807, 2.05) is 60.4 Å². The van der Waals surface area contributed by atoms with Gasteiger partial charge in [0.25, 0.3) is 5.91 Å². The van der Waals surface area contributed by atoms with E-state index in [1.165, 1.54) is 5.56 Å². The Morgan fingerprint density at radius 3 is 2.45 bits per heavy atom. The van der Waals surface area contributed by atoms with Crippen LogP contribution in [0, 0.1) is 6.92 Å². The third kappa shape index (κ3) is 3.65. The number of piperazine rings is 1. The molecule has 0 atom stereocenters. The van der Waals surface area contributed by atoms with Crippen molar-refractivity contribution in [2.75, 3.05) is 31.1 Å². The quantitative estimate of drug-likeness (QED) is 0.450. The van der Waals surface area contributed by atoms with Crippen LogP contribution in [-0.2, 0) is 0 Å². The van der Waals surface area contributed by atoms with Gasteiger partial charge < -0.3 is 9.80 Å². The number of rotatable bonds is 3. The highest BCUT2D eigenvalue weighted by molar-refractivity contribution is 9.10. The SMILES string of the molecule is Cc1ccc(-n2nnc3c(N4CCN(C(=O)c5ccccc5Br)CC4)ncnc32)cc1. The fourth-order valence-corrected chi connectivity index (χ4v) is 4.21. The summed E-state index contributed by atoms with van der Waals surface area (Å²) in [5.41, 5.74) is 4.09. The Morgan fingerprint density at radius 2 is 1.71 bits per heavy atom. The van der Waals surface area contributed by atoms with Gasteiger partial charge >= 0.3 is 0 Å². The molecule has 1 aliphatic heterocycles. The molecule has 8 nitrogen and oxygen atoms in total. The van der Waals surface area contributed by atoms with Crippen LogP contribution in [0.3, 0.4) is 0 Å². The number of fused-ring (bicyclic) bond motifs is 1. The zero-order chi connectivity index (χ0) is 21.4. The number of aryl methyl sites for hydroxylation is 1. The van der Waals surface area contributed by atoms with Crippen LogP contribution in [0.1, 0.15) is 15.9 Å². The van der Waals surface area contributed by atoms with E-state index in [-0.39, 0.29) is 5.91 Å². The summed E-state index contributed by atoms with van der Waals surface area (Å²) in [4.78, 5) is 25.8. The molecule has 2 aromatic heterocycles. The molecule has 1 amide bonds. The average molecular weight is 478 g/mol. The minimum atomic E-state index is 0.0327. The number of anilines is 1. The topological polar surface area (TPSA) is 80.0 Å². The van der Waals surface area contributed by atoms with E-state index in [1.54, 1.807) is 11.0 Å². The second-order valence-electron chi connectivity index (χ2n) is 7.47. The number of nitrogens with zero attached hydrogens (tertiary/aromatic N) is 7. The molecule has 0 N–H and O–H groups in total. The lowest BCUT2D eigenvalue weighted by Crippen LogP contribution is -2.49. The summed E-state index contributed by atoms with van der Waals surface area (Å²) in [6.07, 6.45) is 1.55. The largest absolute Gasteiger partial charge is 0.351 e. The molecule has 1 saturated heterocycles. The monoisotopic (exact) mass is 477 g/mol. The molecule has 0 unspecified atom stereocenters. The van der Waals surface area contributed by atoms with E-state index in [2.05, 4.69) is 41.1 Å². The van der Waals surface area contributed by atoms with Gasteiger partial charge in [0.05, 0.1) is 11.3 Å². The highest BCUT2D eigenvalue weighted by Gasteiger charge is 2.26. The van der Waals surface area contributed by atoms with Crippen LogP contribution in [0.2, 0.25) is 0 Å². The van der Waals surface area contributed by atoms with Crippen LogP contribution in [-0.4, -0.2) is 61.9 Å². The Labute approximate surface area is 187 Å². The van der Waals surface area contributed by atoms with Crippen molar-refractivity contribution in [3.8, 4) is 5.69 Å². The third-order valence-corrected chi connectivity index (χ3v) is 6.16. The van der Waals surface area contributed by atoms with Crippen LogP contribution >= 0.6 is 15.9 Å². The molecule has 4 aromatic rings. The Kier molecular flexibility index (Phi) is 5.11. The van der Waals surface area contributed by atoms with E-state index in [9.17, 15) is 4.79 Å². The first-order valence-corrected chi connectivity index (χ1v) is 10.8.